The lowest BCUT2D eigenvalue weighted by Crippen LogP contribution is -2.23. The summed E-state index contributed by atoms with van der Waals surface area (Å²) >= 11 is 0. The fraction of sp³-hybridized carbons (Fsp3) is 0.270. The molecule has 4 rings (SSSR count). The average Bonchev–Trinajstić information content (AvgIpc) is 3.59. The lowest BCUT2D eigenvalue weighted by molar-refractivity contribution is 0.400. The number of imidazole rings is 1. The predicted octanol–water partition coefficient (Wildman–Crippen LogP) is 7.05. The van der Waals surface area contributed by atoms with E-state index in [1.54, 1.807) is 30.5 Å². The van der Waals surface area contributed by atoms with Gasteiger partial charge in [-0.15, -0.1) is 0 Å². The van der Waals surface area contributed by atoms with E-state index in [1.165, 1.54) is 0 Å². The maximum absolute atomic E-state index is 14.8. The Balaban J connectivity index is 1.70. The number of pyridine rings is 1. The molecule has 0 saturated carbocycles. The molecule has 240 valence electrons. The predicted molar refractivity (Wildman–Crippen MR) is 190 cm³/mol. The van der Waals surface area contributed by atoms with Crippen LogP contribution in [0, 0.1) is 12.7 Å². The minimum absolute atomic E-state index is 0.273. The topological polar surface area (TPSA) is 88.8 Å². The number of nitrogens with one attached hydrogen (secondary N) is 3. The van der Waals surface area contributed by atoms with Crippen molar-refractivity contribution in [3.8, 4) is 11.5 Å². The Morgan fingerprint density at radius 3 is 2.54 bits per heavy atom. The Morgan fingerprint density at radius 1 is 1.09 bits per heavy atom. The first kappa shape index (κ1) is 34.0. The van der Waals surface area contributed by atoms with Crippen LogP contribution in [0.1, 0.15) is 41.6 Å². The molecule has 0 aliphatic rings. The number of aromatic amines is 2. The van der Waals surface area contributed by atoms with Gasteiger partial charge in [-0.2, -0.15) is 5.10 Å². The highest BCUT2D eigenvalue weighted by Crippen LogP contribution is 2.32. The molecule has 0 atom stereocenters. The molecule has 0 saturated heterocycles. The molecule has 4 aromatic rings. The fourth-order valence-electron chi connectivity index (χ4n) is 5.31. The summed E-state index contributed by atoms with van der Waals surface area (Å²) in [5.41, 5.74) is 8.84. The van der Waals surface area contributed by atoms with Gasteiger partial charge in [0.15, 0.2) is 5.82 Å². The molecular formula is C37H45FN8. The van der Waals surface area contributed by atoms with E-state index in [1.807, 2.05) is 77.3 Å². The molecule has 0 aliphatic heterocycles. The van der Waals surface area contributed by atoms with Crippen molar-refractivity contribution in [2.45, 2.75) is 26.7 Å². The largest absolute Gasteiger partial charge is 0.358 e. The number of halogens is 1. The molecule has 0 aliphatic carbocycles. The molecule has 0 fully saturated rings. The zero-order valence-electron chi connectivity index (χ0n) is 27.8. The van der Waals surface area contributed by atoms with Gasteiger partial charge in [-0.05, 0) is 108 Å². The molecule has 8 nitrogen and oxygen atoms in total. The fourth-order valence-corrected chi connectivity index (χ4v) is 5.31. The molecule has 0 unspecified atom stereocenters. The second-order valence-electron chi connectivity index (χ2n) is 11.8. The van der Waals surface area contributed by atoms with Crippen LogP contribution >= 0.6 is 0 Å². The van der Waals surface area contributed by atoms with Gasteiger partial charge in [0.05, 0.1) is 23.1 Å². The van der Waals surface area contributed by atoms with Crippen molar-refractivity contribution in [1.82, 2.24) is 40.3 Å². The highest BCUT2D eigenvalue weighted by atomic mass is 19.1. The number of nitrogens with zero attached hydrogens (tertiary/aromatic N) is 5. The maximum Gasteiger partial charge on any atom is 0.159 e. The highest BCUT2D eigenvalue weighted by molar-refractivity contribution is 5.93. The van der Waals surface area contributed by atoms with E-state index in [9.17, 15) is 4.39 Å². The first-order chi connectivity index (χ1) is 22.0. The second-order valence-corrected chi connectivity index (χ2v) is 11.8. The molecule has 0 bridgehead atoms. The minimum atomic E-state index is -0.273. The summed E-state index contributed by atoms with van der Waals surface area (Å²) in [6.07, 6.45) is 12.8. The summed E-state index contributed by atoms with van der Waals surface area (Å²) in [4.78, 5) is 17.3. The molecule has 3 N–H and O–H groups in total. The van der Waals surface area contributed by atoms with Crippen molar-refractivity contribution in [2.75, 3.05) is 41.3 Å². The Labute approximate surface area is 271 Å². The van der Waals surface area contributed by atoms with Gasteiger partial charge in [0.25, 0.3) is 0 Å². The molecular weight excluding hydrogens is 575 g/mol. The van der Waals surface area contributed by atoms with Gasteiger partial charge < -0.3 is 20.1 Å². The summed E-state index contributed by atoms with van der Waals surface area (Å²) in [5.74, 6) is 0.323. The lowest BCUT2D eigenvalue weighted by Gasteiger charge is -2.15. The van der Waals surface area contributed by atoms with Crippen LogP contribution in [0.3, 0.4) is 0 Å². The first-order valence-electron chi connectivity index (χ1n) is 15.3. The van der Waals surface area contributed by atoms with Crippen LogP contribution in [-0.4, -0.2) is 76.2 Å². The quantitative estimate of drug-likeness (QED) is 0.124. The molecule has 0 radical (unpaired) electrons. The van der Waals surface area contributed by atoms with Gasteiger partial charge in [-0.25, -0.2) is 9.37 Å². The van der Waals surface area contributed by atoms with Gasteiger partial charge >= 0.3 is 0 Å². The SMILES string of the molecule is C=C/C=C(/c1cc(F)cc(CCCN(C)C)c1)c1nc(-c2n[nH]c3cnc(C(/C=C(\C=C)NC(=C)CN(C)C)=C/C)cc23)[nH]c1C. The number of allylic oxidation sites excluding steroid dienone is 6. The van der Waals surface area contributed by atoms with Gasteiger partial charge in [-0.3, -0.25) is 10.1 Å². The standard InChI is InChI=1S/C37H45FN8/c1-10-14-31(28-17-26(18-29(38)19-28)15-13-16-45(6)7)35-25(5)41-37(42-35)36-32-21-33(39-22-34(32)43-44-36)27(11-2)20-30(12-3)40-24(4)23-46(8)9/h10-12,14,17-22,40H,1,3-4,13,15-16,23H2,2,5-9H3,(H,41,42)(H,43,44)/b27-11+,30-20+,31-14-. The summed E-state index contributed by atoms with van der Waals surface area (Å²) in [7, 11) is 8.07. The third-order valence-electron chi connectivity index (χ3n) is 7.40. The van der Waals surface area contributed by atoms with Crippen LogP contribution in [0.15, 0.2) is 92.0 Å². The number of aryl methyl sites for hydroxylation is 2. The minimum Gasteiger partial charge on any atom is -0.358 e. The van der Waals surface area contributed by atoms with Crippen LogP contribution in [0.4, 0.5) is 4.39 Å². The first-order valence-corrected chi connectivity index (χ1v) is 15.3. The van der Waals surface area contributed by atoms with E-state index in [0.717, 1.165) is 75.3 Å². The van der Waals surface area contributed by atoms with Crippen LogP contribution in [-0.2, 0) is 6.42 Å². The zero-order valence-corrected chi connectivity index (χ0v) is 27.8. The number of hydrogen-bond donors (Lipinski definition) is 3. The van der Waals surface area contributed by atoms with Gasteiger partial charge in [0.2, 0.25) is 0 Å². The summed E-state index contributed by atoms with van der Waals surface area (Å²) in [6, 6.07) is 7.20. The van der Waals surface area contributed by atoms with E-state index in [4.69, 9.17) is 9.97 Å². The van der Waals surface area contributed by atoms with Crippen molar-refractivity contribution in [2.24, 2.45) is 0 Å². The summed E-state index contributed by atoms with van der Waals surface area (Å²) in [6.45, 7) is 17.6. The normalized spacial score (nSPS) is 12.8. The lowest BCUT2D eigenvalue weighted by atomic mass is 9.97. The van der Waals surface area contributed by atoms with Gasteiger partial charge in [0, 0.05) is 34.6 Å². The van der Waals surface area contributed by atoms with Crippen LogP contribution in [0.2, 0.25) is 0 Å². The average molecular weight is 621 g/mol. The third-order valence-corrected chi connectivity index (χ3v) is 7.40. The molecule has 0 spiro atoms. The molecule has 46 heavy (non-hydrogen) atoms. The van der Waals surface area contributed by atoms with Crippen LogP contribution in [0.25, 0.3) is 33.6 Å². The van der Waals surface area contributed by atoms with Gasteiger partial charge in [0.1, 0.15) is 11.5 Å². The van der Waals surface area contributed by atoms with E-state index in [2.05, 4.69) is 45.1 Å². The van der Waals surface area contributed by atoms with Crippen molar-refractivity contribution in [1.29, 1.82) is 0 Å². The Kier molecular flexibility index (Phi) is 11.4. The van der Waals surface area contributed by atoms with Gasteiger partial charge in [-0.1, -0.05) is 44.0 Å². The number of aromatic nitrogens is 5. The smallest absolute Gasteiger partial charge is 0.159 e. The van der Waals surface area contributed by atoms with Crippen molar-refractivity contribution in [3.05, 3.63) is 126 Å². The molecule has 1 aromatic carbocycles. The summed E-state index contributed by atoms with van der Waals surface area (Å²) < 4.78 is 14.8. The van der Waals surface area contributed by atoms with E-state index < -0.39 is 0 Å². The monoisotopic (exact) mass is 620 g/mol. The molecule has 0 amide bonds. The zero-order chi connectivity index (χ0) is 33.4. The number of fused-ring (bicyclic) bond motifs is 1. The van der Waals surface area contributed by atoms with Crippen molar-refractivity contribution >= 4 is 22.0 Å². The number of benzene rings is 1. The Bertz CT molecular complexity index is 1820. The van der Waals surface area contributed by atoms with Crippen LogP contribution < -0.4 is 5.32 Å². The molecule has 3 aromatic heterocycles. The number of rotatable bonds is 15. The van der Waals surface area contributed by atoms with Crippen molar-refractivity contribution in [3.63, 3.8) is 0 Å². The Morgan fingerprint density at radius 2 is 1.87 bits per heavy atom. The van der Waals surface area contributed by atoms with E-state index in [-0.39, 0.29) is 5.82 Å². The van der Waals surface area contributed by atoms with E-state index >= 15 is 0 Å². The summed E-state index contributed by atoms with van der Waals surface area (Å²) in [5, 5.41) is 11.9. The van der Waals surface area contributed by atoms with Crippen LogP contribution in [0.5, 0.6) is 0 Å². The molecule has 3 heterocycles. The van der Waals surface area contributed by atoms with E-state index in [0.29, 0.717) is 23.8 Å². The third kappa shape index (κ3) is 8.44. The second kappa shape index (κ2) is 15.4. The Hall–Kier alpha value is -4.86. The maximum atomic E-state index is 14.8. The molecule has 9 heteroatoms. The number of likely N-dealkylation sites (N-methyl/N-ethyl adjacent to an activating group) is 1. The number of H-pyrrole nitrogens is 2. The van der Waals surface area contributed by atoms with Crippen molar-refractivity contribution < 1.29 is 4.39 Å². The number of hydrogen-bond acceptors (Lipinski definition) is 6. The highest BCUT2D eigenvalue weighted by Gasteiger charge is 2.19.